The Morgan fingerprint density at radius 2 is 1.76 bits per heavy atom. The third-order valence-electron chi connectivity index (χ3n) is 5.83. The number of piperidine rings is 1. The maximum absolute atomic E-state index is 12.4. The Morgan fingerprint density at radius 1 is 1.03 bits per heavy atom. The van der Waals surface area contributed by atoms with Crippen LogP contribution in [-0.2, 0) is 11.8 Å². The molecule has 154 valence electrons. The second-order valence-electron chi connectivity index (χ2n) is 7.87. The molecular weight excluding hydrogens is 364 g/mol. The van der Waals surface area contributed by atoms with Crippen LogP contribution in [0.4, 0.5) is 4.79 Å². The number of nitrogens with zero attached hydrogens (tertiary/aromatic N) is 1. The van der Waals surface area contributed by atoms with Gasteiger partial charge in [0.2, 0.25) is 5.91 Å². The van der Waals surface area contributed by atoms with E-state index < -0.39 is 5.91 Å². The van der Waals surface area contributed by atoms with Gasteiger partial charge in [-0.25, -0.2) is 4.79 Å². The molecule has 0 spiro atoms. The topological polar surface area (TPSA) is 87.5 Å². The Balaban J connectivity index is 1.53. The summed E-state index contributed by atoms with van der Waals surface area (Å²) in [5.74, 6) is -0.443. The van der Waals surface area contributed by atoms with Gasteiger partial charge in [0.05, 0.1) is 0 Å². The number of carbonyl (C=O) groups excluding carboxylic acids is 2. The highest BCUT2D eigenvalue weighted by Gasteiger charge is 2.35. The molecule has 0 radical (unpaired) electrons. The summed E-state index contributed by atoms with van der Waals surface area (Å²) in [6.45, 7) is 3.16. The zero-order valence-corrected chi connectivity index (χ0v) is 17.0. The van der Waals surface area contributed by atoms with Crippen molar-refractivity contribution in [3.63, 3.8) is 0 Å². The highest BCUT2D eigenvalue weighted by Crippen LogP contribution is 2.34. The van der Waals surface area contributed by atoms with Crippen LogP contribution in [0, 0.1) is 0 Å². The van der Waals surface area contributed by atoms with Crippen LogP contribution in [0.5, 0.6) is 0 Å². The molecular formula is C23H30N4O2. The van der Waals surface area contributed by atoms with E-state index in [0.717, 1.165) is 31.5 Å². The van der Waals surface area contributed by atoms with Crippen molar-refractivity contribution in [2.45, 2.75) is 24.7 Å². The number of benzene rings is 2. The molecule has 4 N–H and O–H groups in total. The van der Waals surface area contributed by atoms with E-state index in [1.165, 1.54) is 5.56 Å². The lowest BCUT2D eigenvalue weighted by molar-refractivity contribution is 0.1000. The van der Waals surface area contributed by atoms with E-state index >= 15 is 0 Å². The zero-order valence-electron chi connectivity index (χ0n) is 17.0. The minimum Gasteiger partial charge on any atom is -0.366 e. The Kier molecular flexibility index (Phi) is 6.88. The van der Waals surface area contributed by atoms with Crippen molar-refractivity contribution in [1.29, 1.82) is 0 Å². The maximum atomic E-state index is 12.4. The van der Waals surface area contributed by atoms with Crippen molar-refractivity contribution in [3.8, 4) is 0 Å². The average Bonchev–Trinajstić information content (AvgIpc) is 2.74. The summed E-state index contributed by atoms with van der Waals surface area (Å²) in [5.41, 5.74) is 8.03. The summed E-state index contributed by atoms with van der Waals surface area (Å²) in [7, 11) is 2.14. The van der Waals surface area contributed by atoms with E-state index in [4.69, 9.17) is 5.73 Å². The van der Waals surface area contributed by atoms with Crippen LogP contribution >= 0.6 is 0 Å². The lowest BCUT2D eigenvalue weighted by Gasteiger charge is -2.41. The van der Waals surface area contributed by atoms with Gasteiger partial charge in [-0.05, 0) is 62.7 Å². The number of carbonyl (C=O) groups is 2. The Hall–Kier alpha value is -2.86. The van der Waals surface area contributed by atoms with Crippen LogP contribution in [0.25, 0.3) is 0 Å². The van der Waals surface area contributed by atoms with Gasteiger partial charge in [-0.3, -0.25) is 4.79 Å². The predicted octanol–water partition coefficient (Wildman–Crippen LogP) is 2.29. The quantitative estimate of drug-likeness (QED) is 0.673. The van der Waals surface area contributed by atoms with Crippen molar-refractivity contribution < 1.29 is 9.59 Å². The molecule has 6 heteroatoms. The first-order chi connectivity index (χ1) is 14.0. The standard InChI is InChI=1S/C23H30N4O2/c1-27-14-11-23(12-15-27,20-8-3-2-4-9-20)17-26-22(29)25-13-10-18-6-5-7-19(16-18)21(24)28/h2-9,16H,10-15,17H2,1H3,(H2,24,28)(H2,25,26,29). The van der Waals surface area contributed by atoms with Crippen molar-refractivity contribution in [2.24, 2.45) is 5.73 Å². The highest BCUT2D eigenvalue weighted by molar-refractivity contribution is 5.92. The van der Waals surface area contributed by atoms with Gasteiger partial charge in [0.1, 0.15) is 0 Å². The zero-order chi connectivity index (χ0) is 20.7. The number of nitrogens with two attached hydrogens (primary N) is 1. The molecule has 1 aliphatic heterocycles. The van der Waals surface area contributed by atoms with Gasteiger partial charge in [-0.2, -0.15) is 0 Å². The third kappa shape index (κ3) is 5.57. The molecule has 0 unspecified atom stereocenters. The molecule has 1 fully saturated rings. The fourth-order valence-electron chi connectivity index (χ4n) is 3.92. The SMILES string of the molecule is CN1CCC(CNC(=O)NCCc2cccc(C(N)=O)c2)(c2ccccc2)CC1. The van der Waals surface area contributed by atoms with Gasteiger partial charge in [0.25, 0.3) is 0 Å². The minimum absolute atomic E-state index is 0.0269. The fourth-order valence-corrected chi connectivity index (χ4v) is 3.92. The largest absolute Gasteiger partial charge is 0.366 e. The summed E-state index contributed by atoms with van der Waals surface area (Å²) in [5, 5.41) is 6.00. The molecule has 1 heterocycles. The molecule has 2 aromatic rings. The van der Waals surface area contributed by atoms with Gasteiger partial charge in [0.15, 0.2) is 0 Å². The van der Waals surface area contributed by atoms with Gasteiger partial charge in [-0.15, -0.1) is 0 Å². The van der Waals surface area contributed by atoms with Crippen LogP contribution in [-0.4, -0.2) is 50.1 Å². The molecule has 29 heavy (non-hydrogen) atoms. The highest BCUT2D eigenvalue weighted by atomic mass is 16.2. The molecule has 3 amide bonds. The van der Waals surface area contributed by atoms with Gasteiger partial charge in [-0.1, -0.05) is 42.5 Å². The second kappa shape index (κ2) is 9.56. The first-order valence-corrected chi connectivity index (χ1v) is 10.1. The van der Waals surface area contributed by atoms with Crippen LogP contribution in [0.15, 0.2) is 54.6 Å². The van der Waals surface area contributed by atoms with Gasteiger partial charge in [0, 0.05) is 24.1 Å². The Labute approximate surface area is 172 Å². The number of amides is 3. The molecule has 6 nitrogen and oxygen atoms in total. The van der Waals surface area contributed by atoms with Crippen LogP contribution in [0.1, 0.15) is 34.3 Å². The molecule has 1 aliphatic rings. The molecule has 0 saturated carbocycles. The molecule has 3 rings (SSSR count). The number of primary amides is 1. The molecule has 0 atom stereocenters. The van der Waals surface area contributed by atoms with E-state index in [0.29, 0.717) is 25.1 Å². The Morgan fingerprint density at radius 3 is 2.45 bits per heavy atom. The molecule has 0 aromatic heterocycles. The molecule has 0 aliphatic carbocycles. The van der Waals surface area contributed by atoms with E-state index in [1.807, 2.05) is 12.1 Å². The first kappa shape index (κ1) is 20.9. The van der Waals surface area contributed by atoms with Crippen LogP contribution < -0.4 is 16.4 Å². The normalized spacial score (nSPS) is 16.2. The fraction of sp³-hybridized carbons (Fsp3) is 0.391. The van der Waals surface area contributed by atoms with E-state index in [2.05, 4.69) is 46.8 Å². The minimum atomic E-state index is -0.443. The van der Waals surface area contributed by atoms with E-state index in [-0.39, 0.29) is 11.4 Å². The lowest BCUT2D eigenvalue weighted by atomic mass is 9.72. The maximum Gasteiger partial charge on any atom is 0.314 e. The van der Waals surface area contributed by atoms with Crippen molar-refractivity contribution in [3.05, 3.63) is 71.3 Å². The van der Waals surface area contributed by atoms with E-state index in [9.17, 15) is 9.59 Å². The monoisotopic (exact) mass is 394 g/mol. The third-order valence-corrected chi connectivity index (χ3v) is 5.83. The summed E-state index contributed by atoms with van der Waals surface area (Å²) in [6.07, 6.45) is 2.69. The molecule has 1 saturated heterocycles. The summed E-state index contributed by atoms with van der Waals surface area (Å²) >= 11 is 0. The average molecular weight is 395 g/mol. The van der Waals surface area contributed by atoms with Crippen LogP contribution in [0.3, 0.4) is 0 Å². The summed E-state index contributed by atoms with van der Waals surface area (Å²) in [6, 6.07) is 17.5. The lowest BCUT2D eigenvalue weighted by Crippen LogP contribution is -2.50. The number of rotatable bonds is 7. The number of urea groups is 1. The van der Waals surface area contributed by atoms with E-state index in [1.54, 1.807) is 18.2 Å². The van der Waals surface area contributed by atoms with Crippen molar-refractivity contribution >= 4 is 11.9 Å². The molecule has 0 bridgehead atoms. The smallest absolute Gasteiger partial charge is 0.314 e. The number of hydrogen-bond donors (Lipinski definition) is 3. The van der Waals surface area contributed by atoms with Crippen molar-refractivity contribution in [1.82, 2.24) is 15.5 Å². The molecule has 2 aromatic carbocycles. The van der Waals surface area contributed by atoms with Crippen LogP contribution in [0.2, 0.25) is 0 Å². The number of hydrogen-bond acceptors (Lipinski definition) is 3. The summed E-state index contributed by atoms with van der Waals surface area (Å²) in [4.78, 5) is 26.0. The summed E-state index contributed by atoms with van der Waals surface area (Å²) < 4.78 is 0. The second-order valence-corrected chi connectivity index (χ2v) is 7.87. The first-order valence-electron chi connectivity index (χ1n) is 10.1. The predicted molar refractivity (Wildman–Crippen MR) is 115 cm³/mol. The number of likely N-dealkylation sites (tertiary alicyclic amines) is 1. The van der Waals surface area contributed by atoms with Gasteiger partial charge < -0.3 is 21.3 Å². The van der Waals surface area contributed by atoms with Crippen molar-refractivity contribution in [2.75, 3.05) is 33.2 Å². The Bertz CT molecular complexity index is 830. The van der Waals surface area contributed by atoms with Gasteiger partial charge >= 0.3 is 6.03 Å². The number of nitrogens with one attached hydrogen (secondary N) is 2.